The number of hydrogen-bond acceptors (Lipinski definition) is 4. The van der Waals surface area contributed by atoms with Gasteiger partial charge in [-0.25, -0.2) is 4.79 Å². The lowest BCUT2D eigenvalue weighted by atomic mass is 9.96. The minimum atomic E-state index is -0.966. The van der Waals surface area contributed by atoms with Gasteiger partial charge < -0.3 is 14.3 Å². The highest BCUT2D eigenvalue weighted by atomic mass is 16.6. The molecule has 2 aromatic heterocycles. The molecular formula is C36H31NO5. The van der Waals surface area contributed by atoms with Crippen molar-refractivity contribution in [3.63, 3.8) is 0 Å². The van der Waals surface area contributed by atoms with Crippen molar-refractivity contribution in [2.24, 2.45) is 0 Å². The predicted molar refractivity (Wildman–Crippen MR) is 165 cm³/mol. The Labute approximate surface area is 243 Å². The van der Waals surface area contributed by atoms with Gasteiger partial charge >= 0.3 is 12.1 Å². The summed E-state index contributed by atoms with van der Waals surface area (Å²) in [5, 5.41) is 11.3. The molecule has 0 atom stereocenters. The molecule has 0 aliphatic rings. The molecule has 42 heavy (non-hydrogen) atoms. The van der Waals surface area contributed by atoms with Crippen LogP contribution in [-0.2, 0) is 22.4 Å². The van der Waals surface area contributed by atoms with Crippen LogP contribution in [0.2, 0.25) is 0 Å². The van der Waals surface area contributed by atoms with Crippen LogP contribution < -0.4 is 0 Å². The van der Waals surface area contributed by atoms with Crippen molar-refractivity contribution in [3.05, 3.63) is 120 Å². The summed E-state index contributed by atoms with van der Waals surface area (Å²) in [4.78, 5) is 24.5. The van der Waals surface area contributed by atoms with E-state index in [4.69, 9.17) is 9.15 Å². The molecule has 0 saturated carbocycles. The number of hydrogen-bond donors (Lipinski definition) is 1. The van der Waals surface area contributed by atoms with Gasteiger partial charge in [-0.2, -0.15) is 0 Å². The first-order valence-electron chi connectivity index (χ1n) is 13.9. The zero-order valence-electron chi connectivity index (χ0n) is 23.8. The number of para-hydroxylation sites is 1. The Kier molecular flexibility index (Phi) is 6.91. The number of fused-ring (bicyclic) bond motifs is 2. The van der Waals surface area contributed by atoms with Crippen LogP contribution in [-0.4, -0.2) is 27.3 Å². The lowest BCUT2D eigenvalue weighted by Crippen LogP contribution is -2.26. The molecular weight excluding hydrogens is 526 g/mol. The first kappa shape index (κ1) is 27.1. The fourth-order valence-electron chi connectivity index (χ4n) is 5.39. The largest absolute Gasteiger partial charge is 0.481 e. The number of nitrogens with zero attached hydrogens (tertiary/aromatic N) is 1. The van der Waals surface area contributed by atoms with Crippen molar-refractivity contribution in [1.82, 2.24) is 4.57 Å². The Morgan fingerprint density at radius 2 is 1.48 bits per heavy atom. The van der Waals surface area contributed by atoms with Gasteiger partial charge in [-0.15, -0.1) is 0 Å². The fourth-order valence-corrected chi connectivity index (χ4v) is 5.39. The number of ether oxygens (including phenoxy) is 1. The highest BCUT2D eigenvalue weighted by Gasteiger charge is 2.22. The van der Waals surface area contributed by atoms with Crippen molar-refractivity contribution in [3.8, 4) is 22.3 Å². The normalized spacial score (nSPS) is 11.7. The van der Waals surface area contributed by atoms with E-state index in [0.717, 1.165) is 39.0 Å². The first-order chi connectivity index (χ1) is 20.2. The molecule has 210 valence electrons. The molecule has 0 unspecified atom stereocenters. The fraction of sp³-hybridized carbons (Fsp3) is 0.167. The molecule has 6 heteroatoms. The van der Waals surface area contributed by atoms with Crippen LogP contribution in [0.15, 0.2) is 108 Å². The average molecular weight is 558 g/mol. The van der Waals surface area contributed by atoms with Crippen LogP contribution in [0.5, 0.6) is 0 Å². The lowest BCUT2D eigenvalue weighted by molar-refractivity contribution is -0.136. The van der Waals surface area contributed by atoms with E-state index in [1.165, 1.54) is 10.1 Å². The van der Waals surface area contributed by atoms with E-state index in [2.05, 4.69) is 42.5 Å². The van der Waals surface area contributed by atoms with E-state index in [1.807, 2.05) is 54.6 Å². The summed E-state index contributed by atoms with van der Waals surface area (Å²) < 4.78 is 13.3. The molecule has 0 bridgehead atoms. The number of benzene rings is 4. The minimum absolute atomic E-state index is 0.202. The Morgan fingerprint density at radius 3 is 2.19 bits per heavy atom. The van der Waals surface area contributed by atoms with Gasteiger partial charge in [0.15, 0.2) is 0 Å². The molecule has 0 spiro atoms. The van der Waals surface area contributed by atoms with Gasteiger partial charge in [-0.1, -0.05) is 78.9 Å². The van der Waals surface area contributed by atoms with Crippen LogP contribution in [0.4, 0.5) is 4.79 Å². The van der Waals surface area contributed by atoms with E-state index in [0.29, 0.717) is 22.9 Å². The van der Waals surface area contributed by atoms with E-state index in [-0.39, 0.29) is 6.42 Å². The second kappa shape index (κ2) is 10.7. The van der Waals surface area contributed by atoms with Gasteiger partial charge in [0.05, 0.1) is 11.9 Å². The van der Waals surface area contributed by atoms with E-state index in [1.54, 1.807) is 27.0 Å². The third-order valence-electron chi connectivity index (χ3n) is 7.20. The smallest absolute Gasteiger partial charge is 0.419 e. The van der Waals surface area contributed by atoms with Gasteiger partial charge in [-0.05, 0) is 66.8 Å². The number of furan rings is 1. The molecule has 6 aromatic rings. The van der Waals surface area contributed by atoms with Gasteiger partial charge in [-0.3, -0.25) is 9.36 Å². The highest BCUT2D eigenvalue weighted by Crippen LogP contribution is 2.37. The van der Waals surface area contributed by atoms with Crippen molar-refractivity contribution in [1.29, 1.82) is 0 Å². The molecule has 0 radical (unpaired) electrons. The minimum Gasteiger partial charge on any atom is -0.481 e. The molecule has 1 N–H and O–H groups in total. The second-order valence-electron chi connectivity index (χ2n) is 11.4. The zero-order chi connectivity index (χ0) is 29.4. The highest BCUT2D eigenvalue weighted by molar-refractivity contribution is 5.98. The van der Waals surface area contributed by atoms with E-state index in [9.17, 15) is 14.7 Å². The van der Waals surface area contributed by atoms with Crippen LogP contribution in [0, 0.1) is 0 Å². The average Bonchev–Trinajstić information content (AvgIpc) is 3.50. The third kappa shape index (κ3) is 5.44. The maximum absolute atomic E-state index is 12.9. The Bertz CT molecular complexity index is 1920. The molecule has 0 saturated heterocycles. The van der Waals surface area contributed by atoms with Crippen molar-refractivity contribution in [2.45, 2.75) is 39.2 Å². The van der Waals surface area contributed by atoms with Crippen molar-refractivity contribution in [2.75, 3.05) is 0 Å². The van der Waals surface area contributed by atoms with Crippen LogP contribution in [0.1, 0.15) is 37.7 Å². The number of carboxylic acid groups (broad SMARTS) is 1. The summed E-state index contributed by atoms with van der Waals surface area (Å²) in [5.41, 5.74) is 6.55. The van der Waals surface area contributed by atoms with Gasteiger partial charge in [0, 0.05) is 29.0 Å². The van der Waals surface area contributed by atoms with Crippen LogP contribution in [0.3, 0.4) is 0 Å². The summed E-state index contributed by atoms with van der Waals surface area (Å²) in [7, 11) is 0. The topological polar surface area (TPSA) is 81.7 Å². The Balaban J connectivity index is 1.38. The first-order valence-corrected chi connectivity index (χ1v) is 13.9. The third-order valence-corrected chi connectivity index (χ3v) is 7.20. The van der Waals surface area contributed by atoms with Crippen molar-refractivity contribution < 1.29 is 23.8 Å². The summed E-state index contributed by atoms with van der Waals surface area (Å²) >= 11 is 0. The number of aliphatic carboxylic acids is 1. The molecule has 0 aliphatic carbocycles. The molecule has 6 rings (SSSR count). The Morgan fingerprint density at radius 1 is 0.810 bits per heavy atom. The predicted octanol–water partition coefficient (Wildman–Crippen LogP) is 8.72. The van der Waals surface area contributed by atoms with E-state index < -0.39 is 17.7 Å². The summed E-state index contributed by atoms with van der Waals surface area (Å²) in [6.45, 7) is 5.40. The maximum atomic E-state index is 12.9. The molecule has 6 nitrogen and oxygen atoms in total. The molecule has 0 fully saturated rings. The summed E-state index contributed by atoms with van der Waals surface area (Å²) in [6.07, 6.45) is 1.51. The molecule has 0 aliphatic heterocycles. The van der Waals surface area contributed by atoms with Crippen LogP contribution in [0.25, 0.3) is 44.1 Å². The monoisotopic (exact) mass is 557 g/mol. The van der Waals surface area contributed by atoms with Crippen LogP contribution >= 0.6 is 0 Å². The number of carboxylic acids is 1. The van der Waals surface area contributed by atoms with E-state index >= 15 is 0 Å². The number of aromatic nitrogens is 1. The zero-order valence-corrected chi connectivity index (χ0v) is 23.8. The Hall–Kier alpha value is -5.10. The molecule has 2 heterocycles. The number of carbonyl (C=O) groups excluding carboxylic acids is 1. The summed E-state index contributed by atoms with van der Waals surface area (Å²) in [6, 6.07) is 32.4. The summed E-state index contributed by atoms with van der Waals surface area (Å²) in [5.74, 6) is -0.0509. The quantitative estimate of drug-likeness (QED) is 0.221. The second-order valence-corrected chi connectivity index (χ2v) is 11.4. The lowest BCUT2D eigenvalue weighted by Gasteiger charge is -2.19. The number of rotatable bonds is 6. The van der Waals surface area contributed by atoms with Crippen molar-refractivity contribution >= 4 is 33.9 Å². The molecule has 4 aromatic carbocycles. The maximum Gasteiger partial charge on any atom is 0.419 e. The van der Waals surface area contributed by atoms with Gasteiger partial charge in [0.1, 0.15) is 16.9 Å². The SMILES string of the molecule is CC(C)(C)OC(=O)n1cc(CC(=O)O)c2cc(-c3ccc(-c4c(Cc5ccccc5)oc5ccccc45)cc3)ccc21. The van der Waals surface area contributed by atoms with Gasteiger partial charge in [0.25, 0.3) is 0 Å². The number of carbonyl (C=O) groups is 2. The standard InChI is InChI=1S/C36H31NO5/c1-36(2,3)42-35(40)37-22-27(21-33(38)39)29-20-26(17-18-30(29)37)24-13-15-25(16-14-24)34-28-11-7-8-12-31(28)41-32(34)19-23-9-5-4-6-10-23/h4-18,20,22H,19,21H2,1-3H3,(H,38,39). The molecule has 0 amide bonds. The van der Waals surface area contributed by atoms with Gasteiger partial charge in [0.2, 0.25) is 0 Å².